The summed E-state index contributed by atoms with van der Waals surface area (Å²) in [7, 11) is 0. The molecule has 0 radical (unpaired) electrons. The maximum atomic E-state index is 10.6. The third-order valence-corrected chi connectivity index (χ3v) is 6.38. The Morgan fingerprint density at radius 3 is 2.66 bits per heavy atom. The molecule has 3 unspecified atom stereocenters. The van der Waals surface area contributed by atoms with Crippen molar-refractivity contribution in [2.75, 3.05) is 13.2 Å². The first-order valence-corrected chi connectivity index (χ1v) is 11.5. The molecule has 2 fully saturated rings. The van der Waals surface area contributed by atoms with E-state index in [4.69, 9.17) is 9.57 Å². The number of ether oxygens (including phenoxy) is 1. The van der Waals surface area contributed by atoms with Gasteiger partial charge in [-0.25, -0.2) is 0 Å². The first-order valence-electron chi connectivity index (χ1n) is 11.5. The molecule has 1 aliphatic heterocycles. The molecule has 6 heteroatoms. The Kier molecular flexibility index (Phi) is 7.33. The van der Waals surface area contributed by atoms with E-state index >= 15 is 0 Å². The molecule has 1 saturated heterocycles. The fraction of sp³-hybridized carbons (Fsp3) is 0.500. The second kappa shape index (κ2) is 10.4. The lowest BCUT2D eigenvalue weighted by Gasteiger charge is -2.32. The van der Waals surface area contributed by atoms with Crippen LogP contribution in [0.1, 0.15) is 66.5 Å². The number of benzene rings is 2. The summed E-state index contributed by atoms with van der Waals surface area (Å²) in [4.78, 5) is 16.1. The van der Waals surface area contributed by atoms with Crippen molar-refractivity contribution >= 4 is 5.71 Å². The quantitative estimate of drug-likeness (QED) is 0.338. The van der Waals surface area contributed by atoms with Crippen molar-refractivity contribution < 1.29 is 14.7 Å². The van der Waals surface area contributed by atoms with Crippen LogP contribution in [0.4, 0.5) is 0 Å². The highest BCUT2D eigenvalue weighted by molar-refractivity contribution is 5.98. The third-order valence-electron chi connectivity index (χ3n) is 6.38. The largest absolute Gasteiger partial charge is 0.395 e. The van der Waals surface area contributed by atoms with Gasteiger partial charge in [-0.05, 0) is 66.8 Å². The molecule has 2 aliphatic rings. The van der Waals surface area contributed by atoms with Gasteiger partial charge in [-0.1, -0.05) is 52.8 Å². The predicted molar refractivity (Wildman–Crippen MR) is 125 cm³/mol. The summed E-state index contributed by atoms with van der Waals surface area (Å²) in [6, 6.07) is 14.8. The summed E-state index contributed by atoms with van der Waals surface area (Å²) < 4.78 is 6.04. The van der Waals surface area contributed by atoms with E-state index in [1.807, 2.05) is 6.92 Å². The topological polar surface area (TPSA) is 80.5 Å². The monoisotopic (exact) mass is 436 g/mol. The summed E-state index contributed by atoms with van der Waals surface area (Å²) >= 11 is 0. The molecular formula is C26H32N2O4. The fourth-order valence-corrected chi connectivity index (χ4v) is 4.15. The van der Waals surface area contributed by atoms with Crippen molar-refractivity contribution in [1.82, 2.24) is 0 Å². The molecule has 1 aliphatic carbocycles. The van der Waals surface area contributed by atoms with Crippen LogP contribution in [0.15, 0.2) is 52.8 Å². The highest BCUT2D eigenvalue weighted by atomic mass is 16.6. The Morgan fingerprint density at radius 2 is 1.94 bits per heavy atom. The first kappa shape index (κ1) is 22.6. The highest BCUT2D eigenvalue weighted by Crippen LogP contribution is 2.33. The van der Waals surface area contributed by atoms with Crippen molar-refractivity contribution in [2.24, 2.45) is 16.3 Å². The zero-order valence-electron chi connectivity index (χ0n) is 18.9. The molecule has 32 heavy (non-hydrogen) atoms. The number of aliphatic hydroxyl groups excluding tert-OH is 1. The summed E-state index contributed by atoms with van der Waals surface area (Å²) in [6.07, 6.45) is 3.30. The van der Waals surface area contributed by atoms with Gasteiger partial charge in [-0.3, -0.25) is 0 Å². The molecular weight excluding hydrogens is 404 g/mol. The van der Waals surface area contributed by atoms with E-state index in [9.17, 15) is 10.0 Å². The summed E-state index contributed by atoms with van der Waals surface area (Å²) in [5.41, 5.74) is 6.65. The minimum atomic E-state index is -0.476. The lowest BCUT2D eigenvalue weighted by atomic mass is 9.92. The van der Waals surface area contributed by atoms with Gasteiger partial charge in [0.2, 0.25) is 0 Å². The number of aliphatic hydroxyl groups is 1. The van der Waals surface area contributed by atoms with Gasteiger partial charge in [0, 0.05) is 12.8 Å². The van der Waals surface area contributed by atoms with E-state index in [1.54, 1.807) is 0 Å². The zero-order chi connectivity index (χ0) is 22.5. The molecule has 3 atom stereocenters. The standard InChI is InChI=1S/C26H32N2O4/c1-17-3-8-22(26-14-24(29)13-25(32-26)15-27-30)12-23(17)11-19-6-9-21(10-7-19)18(2)28-31-16-20-4-5-20/h3,6-10,12,20,24-26,29H,4-5,11,13-16H2,1-2H3/b28-18+. The Labute approximate surface area is 189 Å². The number of oxime groups is 1. The Balaban J connectivity index is 1.43. The van der Waals surface area contributed by atoms with E-state index in [2.05, 4.69) is 59.7 Å². The molecule has 2 aromatic rings. The molecule has 6 nitrogen and oxygen atoms in total. The van der Waals surface area contributed by atoms with E-state index in [1.165, 1.54) is 29.5 Å². The SMILES string of the molecule is C/C(=N\OCC1CC1)c1ccc(Cc2cc(C3CC(O)CC(CN=O)O3)ccc2C)cc1. The first-order chi connectivity index (χ1) is 15.5. The van der Waals surface area contributed by atoms with Crippen LogP contribution in [0.3, 0.4) is 0 Å². The number of rotatable bonds is 9. The van der Waals surface area contributed by atoms with E-state index in [-0.39, 0.29) is 18.8 Å². The lowest BCUT2D eigenvalue weighted by Crippen LogP contribution is -2.33. The lowest BCUT2D eigenvalue weighted by molar-refractivity contribution is -0.0930. The van der Waals surface area contributed by atoms with Crippen LogP contribution in [0, 0.1) is 17.7 Å². The molecule has 170 valence electrons. The Bertz CT molecular complexity index is 953. The molecule has 2 aromatic carbocycles. The van der Waals surface area contributed by atoms with Crippen molar-refractivity contribution in [3.8, 4) is 0 Å². The third kappa shape index (κ3) is 6.02. The van der Waals surface area contributed by atoms with Crippen LogP contribution >= 0.6 is 0 Å². The van der Waals surface area contributed by atoms with Crippen LogP contribution in [-0.4, -0.2) is 36.2 Å². The maximum Gasteiger partial charge on any atom is 0.120 e. The molecule has 0 aromatic heterocycles. The van der Waals surface area contributed by atoms with Gasteiger partial charge < -0.3 is 14.7 Å². The van der Waals surface area contributed by atoms with E-state index in [0.29, 0.717) is 18.8 Å². The van der Waals surface area contributed by atoms with Crippen molar-refractivity contribution in [1.29, 1.82) is 0 Å². The number of hydrogen-bond donors (Lipinski definition) is 1. The molecule has 1 saturated carbocycles. The molecule has 1 N–H and O–H groups in total. The number of nitroso groups, excluding NO2 is 1. The fourth-order valence-electron chi connectivity index (χ4n) is 4.15. The van der Waals surface area contributed by atoms with Gasteiger partial charge in [0.15, 0.2) is 0 Å². The van der Waals surface area contributed by atoms with Gasteiger partial charge >= 0.3 is 0 Å². The average molecular weight is 437 g/mol. The zero-order valence-corrected chi connectivity index (χ0v) is 18.9. The van der Waals surface area contributed by atoms with Crippen LogP contribution in [0.5, 0.6) is 0 Å². The minimum absolute atomic E-state index is 0.0764. The maximum absolute atomic E-state index is 10.6. The second-order valence-corrected chi connectivity index (χ2v) is 9.16. The second-order valence-electron chi connectivity index (χ2n) is 9.16. The Hall–Kier alpha value is -2.57. The van der Waals surface area contributed by atoms with Crippen LogP contribution in [0.25, 0.3) is 0 Å². The minimum Gasteiger partial charge on any atom is -0.395 e. The number of hydrogen-bond acceptors (Lipinski definition) is 6. The number of aryl methyl sites for hydroxylation is 1. The smallest absolute Gasteiger partial charge is 0.120 e. The normalized spacial score (nSPS) is 23.7. The van der Waals surface area contributed by atoms with E-state index < -0.39 is 6.10 Å². The molecule has 0 spiro atoms. The van der Waals surface area contributed by atoms with Gasteiger partial charge in [0.1, 0.15) is 13.2 Å². The highest BCUT2D eigenvalue weighted by Gasteiger charge is 2.29. The van der Waals surface area contributed by atoms with Gasteiger partial charge in [0.25, 0.3) is 0 Å². The summed E-state index contributed by atoms with van der Waals surface area (Å²) in [5, 5.41) is 17.4. The average Bonchev–Trinajstić information content (AvgIpc) is 3.60. The molecule has 0 bridgehead atoms. The van der Waals surface area contributed by atoms with Gasteiger partial charge in [-0.2, -0.15) is 4.91 Å². The number of nitrogens with zero attached hydrogens (tertiary/aromatic N) is 2. The van der Waals surface area contributed by atoms with Crippen LogP contribution < -0.4 is 0 Å². The molecule has 4 rings (SSSR count). The predicted octanol–water partition coefficient (Wildman–Crippen LogP) is 5.08. The Morgan fingerprint density at radius 1 is 1.16 bits per heavy atom. The van der Waals surface area contributed by atoms with Crippen molar-refractivity contribution in [3.05, 3.63) is 75.2 Å². The molecule has 1 heterocycles. The summed E-state index contributed by atoms with van der Waals surface area (Å²) in [5.74, 6) is 0.697. The molecule has 0 amide bonds. The van der Waals surface area contributed by atoms with Gasteiger partial charge in [-0.15, -0.1) is 0 Å². The van der Waals surface area contributed by atoms with Crippen molar-refractivity contribution in [3.63, 3.8) is 0 Å². The van der Waals surface area contributed by atoms with Crippen LogP contribution in [-0.2, 0) is 16.0 Å². The van der Waals surface area contributed by atoms with Crippen LogP contribution in [0.2, 0.25) is 0 Å². The van der Waals surface area contributed by atoms with Gasteiger partial charge in [0.05, 0.1) is 24.0 Å². The van der Waals surface area contributed by atoms with Crippen molar-refractivity contribution in [2.45, 2.75) is 64.3 Å². The summed E-state index contributed by atoms with van der Waals surface area (Å²) in [6.45, 7) is 4.88. The van der Waals surface area contributed by atoms with E-state index in [0.717, 1.165) is 29.9 Å².